The number of hydrogen-bond acceptors (Lipinski definition) is 5. The second-order valence-electron chi connectivity index (χ2n) is 8.06. The first-order chi connectivity index (χ1) is 16.3. The quantitative estimate of drug-likeness (QED) is 0.390. The third-order valence-corrected chi connectivity index (χ3v) is 4.94. The molecule has 0 unspecified atom stereocenters. The van der Waals surface area contributed by atoms with Crippen LogP contribution in [0.2, 0.25) is 0 Å². The van der Waals surface area contributed by atoms with Crippen molar-refractivity contribution in [3.05, 3.63) is 83.7 Å². The fraction of sp³-hybridized carbons (Fsp3) is 0.259. The van der Waals surface area contributed by atoms with Gasteiger partial charge in [0.25, 0.3) is 5.91 Å². The summed E-state index contributed by atoms with van der Waals surface area (Å²) < 4.78 is 31.8. The number of hydrogen-bond donors (Lipinski definition) is 0. The molecule has 34 heavy (non-hydrogen) atoms. The Bertz CT molecular complexity index is 1130. The fourth-order valence-electron chi connectivity index (χ4n) is 3.05. The maximum atomic E-state index is 14.5. The molecular formula is C27H28FNO5. The molecule has 0 aliphatic heterocycles. The van der Waals surface area contributed by atoms with Crippen molar-refractivity contribution in [1.29, 1.82) is 0 Å². The summed E-state index contributed by atoms with van der Waals surface area (Å²) in [6.45, 7) is 1.45. The van der Waals surface area contributed by atoms with Gasteiger partial charge in [0.05, 0.1) is 0 Å². The maximum Gasteiger partial charge on any atom is 0.259 e. The summed E-state index contributed by atoms with van der Waals surface area (Å²) in [7, 11) is 3.31. The highest BCUT2D eigenvalue weighted by Gasteiger charge is 2.11. The van der Waals surface area contributed by atoms with E-state index in [1.165, 1.54) is 17.9 Å². The number of aryl methyl sites for hydroxylation is 1. The number of Topliss-reactive ketones (excluding diaryl/α,β-unsaturated/α-hetero) is 1. The molecule has 0 atom stereocenters. The summed E-state index contributed by atoms with van der Waals surface area (Å²) in [5, 5.41) is 0. The Balaban J connectivity index is 1.75. The minimum absolute atomic E-state index is 0.0589. The Labute approximate surface area is 198 Å². The van der Waals surface area contributed by atoms with Crippen LogP contribution in [-0.4, -0.2) is 37.3 Å². The zero-order chi connectivity index (χ0) is 24.5. The van der Waals surface area contributed by atoms with Gasteiger partial charge in [-0.15, -0.1) is 0 Å². The van der Waals surface area contributed by atoms with E-state index in [1.54, 1.807) is 44.4 Å². The summed E-state index contributed by atoms with van der Waals surface area (Å²) in [5.41, 5.74) is 1.42. The van der Waals surface area contributed by atoms with Gasteiger partial charge >= 0.3 is 0 Å². The van der Waals surface area contributed by atoms with Gasteiger partial charge < -0.3 is 23.9 Å². The van der Waals surface area contributed by atoms with Crippen LogP contribution in [0.1, 0.15) is 24.5 Å². The Kier molecular flexibility index (Phi) is 8.62. The molecule has 0 N–H and O–H groups in total. The Morgan fingerprint density at radius 1 is 0.853 bits per heavy atom. The molecule has 0 fully saturated rings. The van der Waals surface area contributed by atoms with E-state index >= 15 is 0 Å². The van der Waals surface area contributed by atoms with Gasteiger partial charge in [0, 0.05) is 26.6 Å². The molecule has 178 valence electrons. The lowest BCUT2D eigenvalue weighted by molar-refractivity contribution is -0.130. The third-order valence-electron chi connectivity index (χ3n) is 4.94. The van der Waals surface area contributed by atoms with E-state index in [-0.39, 0.29) is 30.7 Å². The summed E-state index contributed by atoms with van der Waals surface area (Å²) in [5.74, 6) is 1.06. The number of amides is 1. The van der Waals surface area contributed by atoms with Crippen LogP contribution in [0.4, 0.5) is 4.39 Å². The minimum atomic E-state index is -0.495. The zero-order valence-corrected chi connectivity index (χ0v) is 19.5. The number of carbonyl (C=O) groups excluding carboxylic acids is 2. The van der Waals surface area contributed by atoms with E-state index in [4.69, 9.17) is 14.2 Å². The lowest BCUT2D eigenvalue weighted by Gasteiger charge is -2.15. The molecule has 0 spiro atoms. The molecule has 3 aromatic rings. The average Bonchev–Trinajstić information content (AvgIpc) is 2.81. The molecule has 7 heteroatoms. The molecule has 3 rings (SSSR count). The van der Waals surface area contributed by atoms with Crippen molar-refractivity contribution in [2.45, 2.75) is 26.4 Å². The normalized spacial score (nSPS) is 10.5. The van der Waals surface area contributed by atoms with Crippen LogP contribution in [0, 0.1) is 5.82 Å². The third kappa shape index (κ3) is 7.62. The standard InChI is InChI=1S/C27H28FNO5/c1-19(30)9-10-20-11-12-26(25(28)15-20)33-17-21-13-23(32-18-27(31)29(2)3)16-24(14-21)34-22-7-5-4-6-8-22/h4-8,11-16H,9-10,17-18H2,1-3H3. The van der Waals surface area contributed by atoms with Gasteiger partial charge in [0.2, 0.25) is 0 Å². The van der Waals surface area contributed by atoms with Gasteiger partial charge in [-0.1, -0.05) is 24.3 Å². The average molecular weight is 466 g/mol. The van der Waals surface area contributed by atoms with Crippen LogP contribution in [0.15, 0.2) is 66.7 Å². The molecule has 0 radical (unpaired) electrons. The molecule has 6 nitrogen and oxygen atoms in total. The number of rotatable bonds is 11. The summed E-state index contributed by atoms with van der Waals surface area (Å²) in [4.78, 5) is 24.5. The number of halogens is 1. The van der Waals surface area contributed by atoms with Crippen LogP contribution in [0.5, 0.6) is 23.0 Å². The van der Waals surface area contributed by atoms with E-state index in [0.717, 1.165) is 5.56 Å². The molecule has 0 saturated heterocycles. The second-order valence-corrected chi connectivity index (χ2v) is 8.06. The van der Waals surface area contributed by atoms with Crippen molar-refractivity contribution >= 4 is 11.7 Å². The Morgan fingerprint density at radius 3 is 2.26 bits per heavy atom. The summed E-state index contributed by atoms with van der Waals surface area (Å²) >= 11 is 0. The van der Waals surface area contributed by atoms with E-state index < -0.39 is 5.82 Å². The van der Waals surface area contributed by atoms with Crippen LogP contribution in [0.3, 0.4) is 0 Å². The van der Waals surface area contributed by atoms with Crippen molar-refractivity contribution in [2.75, 3.05) is 20.7 Å². The SMILES string of the molecule is CC(=O)CCc1ccc(OCc2cc(OCC(=O)N(C)C)cc(Oc3ccccc3)c2)c(F)c1. The summed E-state index contributed by atoms with van der Waals surface area (Å²) in [6, 6.07) is 19.1. The van der Waals surface area contributed by atoms with Crippen molar-refractivity contribution in [1.82, 2.24) is 4.90 Å². The highest BCUT2D eigenvalue weighted by molar-refractivity contribution is 5.77. The van der Waals surface area contributed by atoms with Gasteiger partial charge in [-0.2, -0.15) is 0 Å². The topological polar surface area (TPSA) is 65.1 Å². The van der Waals surface area contributed by atoms with Gasteiger partial charge in [-0.25, -0.2) is 4.39 Å². The first-order valence-electron chi connectivity index (χ1n) is 10.9. The van der Waals surface area contributed by atoms with E-state index in [9.17, 15) is 14.0 Å². The number of carbonyl (C=O) groups is 2. The lowest BCUT2D eigenvalue weighted by atomic mass is 10.1. The van der Waals surface area contributed by atoms with E-state index in [0.29, 0.717) is 35.7 Å². The molecule has 1 amide bonds. The highest BCUT2D eigenvalue weighted by Crippen LogP contribution is 2.29. The van der Waals surface area contributed by atoms with Gasteiger partial charge in [-0.05, 0) is 60.9 Å². The van der Waals surface area contributed by atoms with Crippen LogP contribution >= 0.6 is 0 Å². The molecule has 0 aromatic heterocycles. The van der Waals surface area contributed by atoms with Gasteiger partial charge in [0.15, 0.2) is 18.2 Å². The number of likely N-dealkylation sites (N-methyl/N-ethyl adjacent to an activating group) is 1. The minimum Gasteiger partial charge on any atom is -0.486 e. The molecule has 0 saturated carbocycles. The molecular weight excluding hydrogens is 437 g/mol. The van der Waals surface area contributed by atoms with Crippen molar-refractivity contribution in [3.63, 3.8) is 0 Å². The Hall–Kier alpha value is -3.87. The first kappa shape index (κ1) is 24.8. The highest BCUT2D eigenvalue weighted by atomic mass is 19.1. The molecule has 0 heterocycles. The summed E-state index contributed by atoms with van der Waals surface area (Å²) in [6.07, 6.45) is 0.852. The second kappa shape index (κ2) is 11.8. The predicted octanol–water partition coefficient (Wildman–Crippen LogP) is 5.19. The lowest BCUT2D eigenvalue weighted by Crippen LogP contribution is -2.27. The predicted molar refractivity (Wildman–Crippen MR) is 127 cm³/mol. The van der Waals surface area contributed by atoms with Crippen LogP contribution in [-0.2, 0) is 22.6 Å². The molecule has 0 bridgehead atoms. The van der Waals surface area contributed by atoms with E-state index in [2.05, 4.69) is 0 Å². The van der Waals surface area contributed by atoms with Gasteiger partial charge in [0.1, 0.15) is 29.6 Å². The molecule has 0 aliphatic carbocycles. The number of ketones is 1. The smallest absolute Gasteiger partial charge is 0.259 e. The fourth-order valence-corrected chi connectivity index (χ4v) is 3.05. The Morgan fingerprint density at radius 2 is 1.59 bits per heavy atom. The first-order valence-corrected chi connectivity index (χ1v) is 10.9. The van der Waals surface area contributed by atoms with Crippen molar-refractivity contribution in [3.8, 4) is 23.0 Å². The zero-order valence-electron chi connectivity index (χ0n) is 19.5. The number of ether oxygens (including phenoxy) is 3. The molecule has 0 aliphatic rings. The van der Waals surface area contributed by atoms with Crippen molar-refractivity contribution in [2.24, 2.45) is 0 Å². The largest absolute Gasteiger partial charge is 0.486 e. The van der Waals surface area contributed by atoms with Crippen molar-refractivity contribution < 1.29 is 28.2 Å². The number of nitrogens with zero attached hydrogens (tertiary/aromatic N) is 1. The maximum absolute atomic E-state index is 14.5. The number of para-hydroxylation sites is 1. The monoisotopic (exact) mass is 465 g/mol. The van der Waals surface area contributed by atoms with Gasteiger partial charge in [-0.3, -0.25) is 4.79 Å². The van der Waals surface area contributed by atoms with E-state index in [1.807, 2.05) is 30.3 Å². The number of benzene rings is 3. The van der Waals surface area contributed by atoms with Crippen LogP contribution in [0.25, 0.3) is 0 Å². The molecule has 3 aromatic carbocycles. The van der Waals surface area contributed by atoms with Crippen LogP contribution < -0.4 is 14.2 Å².